The predicted octanol–water partition coefficient (Wildman–Crippen LogP) is 1.83. The molecular weight excluding hydrogens is 206 g/mol. The van der Waals surface area contributed by atoms with Crippen molar-refractivity contribution in [2.75, 3.05) is 25.2 Å². The molecule has 4 nitrogen and oxygen atoms in total. The van der Waals surface area contributed by atoms with Crippen LogP contribution in [-0.2, 0) is 4.79 Å². The van der Waals surface area contributed by atoms with Crippen LogP contribution in [0.3, 0.4) is 0 Å². The van der Waals surface area contributed by atoms with Crippen molar-refractivity contribution in [2.24, 2.45) is 0 Å². The van der Waals surface area contributed by atoms with Crippen LogP contribution >= 0.6 is 0 Å². The Balaban J connectivity index is 2.37. The van der Waals surface area contributed by atoms with Gasteiger partial charge in [0.2, 0.25) is 5.91 Å². The van der Waals surface area contributed by atoms with Crippen LogP contribution in [0.5, 0.6) is 11.5 Å². The molecule has 86 valence electrons. The summed E-state index contributed by atoms with van der Waals surface area (Å²) in [5.74, 6) is 1.43. The maximum Gasteiger partial charge on any atom is 0.226 e. The number of nitrogens with zero attached hydrogens (tertiary/aromatic N) is 1. The highest BCUT2D eigenvalue weighted by atomic mass is 16.6. The van der Waals surface area contributed by atoms with Gasteiger partial charge in [-0.1, -0.05) is 13.0 Å². The van der Waals surface area contributed by atoms with Gasteiger partial charge in [0.25, 0.3) is 0 Å². The van der Waals surface area contributed by atoms with Gasteiger partial charge in [0.15, 0.2) is 11.5 Å². The molecule has 0 aliphatic carbocycles. The summed E-state index contributed by atoms with van der Waals surface area (Å²) in [5, 5.41) is 0. The molecule has 0 bridgehead atoms. The molecule has 0 fully saturated rings. The van der Waals surface area contributed by atoms with E-state index in [1.807, 2.05) is 25.1 Å². The van der Waals surface area contributed by atoms with E-state index in [9.17, 15) is 4.79 Å². The highest BCUT2D eigenvalue weighted by molar-refractivity contribution is 5.94. The molecule has 0 unspecified atom stereocenters. The number of benzene rings is 1. The maximum atomic E-state index is 11.6. The first-order chi connectivity index (χ1) is 7.74. The highest BCUT2D eigenvalue weighted by Crippen LogP contribution is 2.39. The van der Waals surface area contributed by atoms with Crippen LogP contribution in [0.4, 0.5) is 5.69 Å². The fraction of sp³-hybridized carbons (Fsp3) is 0.417. The van der Waals surface area contributed by atoms with E-state index in [1.54, 1.807) is 11.9 Å². The predicted molar refractivity (Wildman–Crippen MR) is 61.1 cm³/mol. The molecule has 0 aromatic heterocycles. The Labute approximate surface area is 94.8 Å². The lowest BCUT2D eigenvalue weighted by Crippen LogP contribution is -2.27. The zero-order chi connectivity index (χ0) is 11.5. The molecule has 1 aliphatic heterocycles. The minimum Gasteiger partial charge on any atom is -0.486 e. The summed E-state index contributed by atoms with van der Waals surface area (Å²) in [5.41, 5.74) is 0.768. The Morgan fingerprint density at radius 1 is 1.38 bits per heavy atom. The standard InChI is InChI=1S/C12H15NO3/c1-3-11(14)13(2)9-5-4-6-10-12(9)16-8-7-15-10/h4-6H,3,7-8H2,1-2H3. The SMILES string of the molecule is CCC(=O)N(C)c1cccc2c1OCCO2. The molecule has 0 saturated carbocycles. The first-order valence-electron chi connectivity index (χ1n) is 5.39. The maximum absolute atomic E-state index is 11.6. The average molecular weight is 221 g/mol. The molecule has 1 aromatic carbocycles. The molecule has 0 saturated heterocycles. The van der Waals surface area contributed by atoms with Crippen molar-refractivity contribution in [1.29, 1.82) is 0 Å². The molecule has 4 heteroatoms. The van der Waals surface area contributed by atoms with E-state index in [4.69, 9.17) is 9.47 Å². The van der Waals surface area contributed by atoms with Gasteiger partial charge in [0.05, 0.1) is 5.69 Å². The first-order valence-corrected chi connectivity index (χ1v) is 5.39. The summed E-state index contributed by atoms with van der Waals surface area (Å²) in [6.07, 6.45) is 0.473. The topological polar surface area (TPSA) is 38.8 Å². The van der Waals surface area contributed by atoms with E-state index in [1.165, 1.54) is 0 Å². The Morgan fingerprint density at radius 3 is 2.88 bits per heavy atom. The second-order valence-electron chi connectivity index (χ2n) is 3.61. The smallest absolute Gasteiger partial charge is 0.226 e. The number of amides is 1. The van der Waals surface area contributed by atoms with Crippen molar-refractivity contribution in [3.05, 3.63) is 18.2 Å². The summed E-state index contributed by atoms with van der Waals surface area (Å²) in [6, 6.07) is 5.58. The average Bonchev–Trinajstić information content (AvgIpc) is 2.36. The van der Waals surface area contributed by atoms with Crippen molar-refractivity contribution < 1.29 is 14.3 Å². The summed E-state index contributed by atoms with van der Waals surface area (Å²) < 4.78 is 11.0. The molecule has 1 heterocycles. The quantitative estimate of drug-likeness (QED) is 0.764. The number of carbonyl (C=O) groups is 1. The van der Waals surface area contributed by atoms with Gasteiger partial charge in [-0.05, 0) is 12.1 Å². The lowest BCUT2D eigenvalue weighted by Gasteiger charge is -2.25. The van der Waals surface area contributed by atoms with Crippen LogP contribution in [0, 0.1) is 0 Å². The molecule has 0 spiro atoms. The molecular formula is C12H15NO3. The normalized spacial score (nSPS) is 13.4. The molecule has 1 aliphatic rings. The van der Waals surface area contributed by atoms with Crippen LogP contribution in [-0.4, -0.2) is 26.2 Å². The van der Waals surface area contributed by atoms with Crippen molar-refractivity contribution >= 4 is 11.6 Å². The van der Waals surface area contributed by atoms with Crippen LogP contribution in [0.1, 0.15) is 13.3 Å². The Kier molecular flexibility index (Phi) is 2.99. The summed E-state index contributed by atoms with van der Waals surface area (Å²) in [4.78, 5) is 13.2. The number of rotatable bonds is 2. The second kappa shape index (κ2) is 4.43. The van der Waals surface area contributed by atoms with E-state index in [0.29, 0.717) is 31.1 Å². The van der Waals surface area contributed by atoms with Crippen LogP contribution in [0.2, 0.25) is 0 Å². The van der Waals surface area contributed by atoms with Crippen molar-refractivity contribution in [3.8, 4) is 11.5 Å². The van der Waals surface area contributed by atoms with E-state index >= 15 is 0 Å². The van der Waals surface area contributed by atoms with Gasteiger partial charge in [-0.2, -0.15) is 0 Å². The molecule has 0 N–H and O–H groups in total. The van der Waals surface area contributed by atoms with Gasteiger partial charge in [-0.25, -0.2) is 0 Å². The summed E-state index contributed by atoms with van der Waals surface area (Å²) in [6.45, 7) is 2.92. The number of carbonyl (C=O) groups excluding carboxylic acids is 1. The minimum absolute atomic E-state index is 0.0579. The number of para-hydroxylation sites is 1. The zero-order valence-corrected chi connectivity index (χ0v) is 9.53. The van der Waals surface area contributed by atoms with Gasteiger partial charge in [0, 0.05) is 13.5 Å². The summed E-state index contributed by atoms with van der Waals surface area (Å²) in [7, 11) is 1.75. The zero-order valence-electron chi connectivity index (χ0n) is 9.53. The first kappa shape index (κ1) is 10.8. The van der Waals surface area contributed by atoms with Gasteiger partial charge >= 0.3 is 0 Å². The largest absolute Gasteiger partial charge is 0.486 e. The van der Waals surface area contributed by atoms with Crippen molar-refractivity contribution in [1.82, 2.24) is 0 Å². The second-order valence-corrected chi connectivity index (χ2v) is 3.61. The third-order valence-corrected chi connectivity index (χ3v) is 2.58. The lowest BCUT2D eigenvalue weighted by atomic mass is 10.2. The Hall–Kier alpha value is -1.71. The third-order valence-electron chi connectivity index (χ3n) is 2.58. The van der Waals surface area contributed by atoms with Gasteiger partial charge in [0.1, 0.15) is 13.2 Å². The van der Waals surface area contributed by atoms with Crippen LogP contribution < -0.4 is 14.4 Å². The molecule has 1 aromatic rings. The van der Waals surface area contributed by atoms with Crippen LogP contribution in [0.15, 0.2) is 18.2 Å². The fourth-order valence-corrected chi connectivity index (χ4v) is 1.69. The minimum atomic E-state index is 0.0579. The van der Waals surface area contributed by atoms with Crippen LogP contribution in [0.25, 0.3) is 0 Å². The molecule has 0 radical (unpaired) electrons. The monoisotopic (exact) mass is 221 g/mol. The van der Waals surface area contributed by atoms with Crippen molar-refractivity contribution in [2.45, 2.75) is 13.3 Å². The van der Waals surface area contributed by atoms with E-state index in [-0.39, 0.29) is 5.91 Å². The van der Waals surface area contributed by atoms with Gasteiger partial charge in [-0.3, -0.25) is 4.79 Å². The molecule has 2 rings (SSSR count). The highest BCUT2D eigenvalue weighted by Gasteiger charge is 2.20. The number of fused-ring (bicyclic) bond motifs is 1. The van der Waals surface area contributed by atoms with Crippen molar-refractivity contribution in [3.63, 3.8) is 0 Å². The van der Waals surface area contributed by atoms with Gasteiger partial charge < -0.3 is 14.4 Å². The van der Waals surface area contributed by atoms with E-state index in [0.717, 1.165) is 5.69 Å². The molecule has 1 amide bonds. The number of hydrogen-bond donors (Lipinski definition) is 0. The summed E-state index contributed by atoms with van der Waals surface area (Å²) >= 11 is 0. The Morgan fingerprint density at radius 2 is 2.12 bits per heavy atom. The van der Waals surface area contributed by atoms with Gasteiger partial charge in [-0.15, -0.1) is 0 Å². The fourth-order valence-electron chi connectivity index (χ4n) is 1.69. The number of anilines is 1. The molecule has 16 heavy (non-hydrogen) atoms. The lowest BCUT2D eigenvalue weighted by molar-refractivity contribution is -0.118. The van der Waals surface area contributed by atoms with E-state index in [2.05, 4.69) is 0 Å². The third kappa shape index (κ3) is 1.83. The molecule has 0 atom stereocenters. The number of hydrogen-bond acceptors (Lipinski definition) is 3. The number of ether oxygens (including phenoxy) is 2. The Bertz CT molecular complexity index is 403. The van der Waals surface area contributed by atoms with E-state index < -0.39 is 0 Å².